The monoisotopic (exact) mass is 276 g/mol. The predicted molar refractivity (Wildman–Crippen MR) is 75.5 cm³/mol. The molecular formula is C15H20N2O3. The Kier molecular flexibility index (Phi) is 3.40. The van der Waals surface area contributed by atoms with E-state index in [1.54, 1.807) is 18.9 Å². The first kappa shape index (κ1) is 13.4. The van der Waals surface area contributed by atoms with Crippen LogP contribution in [0.1, 0.15) is 31.4 Å². The number of fused-ring (bicyclic) bond motifs is 1. The first-order valence-electron chi connectivity index (χ1n) is 6.98. The fourth-order valence-corrected chi connectivity index (χ4v) is 2.62. The van der Waals surface area contributed by atoms with Crippen LogP contribution in [0.5, 0.6) is 5.75 Å². The molecule has 108 valence electrons. The number of nitrogens with zero attached hydrogens (tertiary/aromatic N) is 1. The van der Waals surface area contributed by atoms with E-state index in [1.807, 2.05) is 18.2 Å². The van der Waals surface area contributed by atoms with Gasteiger partial charge in [-0.25, -0.2) is 0 Å². The van der Waals surface area contributed by atoms with Crippen LogP contribution in [0.25, 0.3) is 0 Å². The lowest BCUT2D eigenvalue weighted by Crippen LogP contribution is -2.45. The van der Waals surface area contributed by atoms with Crippen LogP contribution in [-0.2, 0) is 9.53 Å². The van der Waals surface area contributed by atoms with Crippen molar-refractivity contribution in [2.45, 2.75) is 31.9 Å². The number of amides is 1. The highest BCUT2D eigenvalue weighted by atomic mass is 16.5. The molecule has 0 aromatic heterocycles. The van der Waals surface area contributed by atoms with Crippen molar-refractivity contribution in [3.8, 4) is 5.75 Å². The highest BCUT2D eigenvalue weighted by Gasteiger charge is 2.34. The summed E-state index contributed by atoms with van der Waals surface area (Å²) in [6.07, 6.45) is 1.89. The highest BCUT2D eigenvalue weighted by molar-refractivity contribution is 5.99. The summed E-state index contributed by atoms with van der Waals surface area (Å²) >= 11 is 0. The summed E-state index contributed by atoms with van der Waals surface area (Å²) in [6, 6.07) is 5.90. The molecule has 20 heavy (non-hydrogen) atoms. The Balaban J connectivity index is 1.96. The van der Waals surface area contributed by atoms with Gasteiger partial charge in [-0.1, -0.05) is 6.07 Å². The molecule has 1 aromatic rings. The second kappa shape index (κ2) is 5.07. The Morgan fingerprint density at radius 3 is 2.90 bits per heavy atom. The average molecular weight is 276 g/mol. The van der Waals surface area contributed by atoms with E-state index < -0.39 is 6.10 Å². The normalized spacial score (nSPS) is 23.2. The third-order valence-corrected chi connectivity index (χ3v) is 3.96. The van der Waals surface area contributed by atoms with E-state index in [1.165, 1.54) is 12.8 Å². The largest absolute Gasteiger partial charge is 0.479 e. The summed E-state index contributed by atoms with van der Waals surface area (Å²) in [7, 11) is 1.58. The topological polar surface area (TPSA) is 64.8 Å². The third kappa shape index (κ3) is 2.27. The van der Waals surface area contributed by atoms with Crippen LogP contribution in [-0.4, -0.2) is 25.9 Å². The molecule has 0 saturated heterocycles. The van der Waals surface area contributed by atoms with Crippen LogP contribution in [0.2, 0.25) is 0 Å². The maximum atomic E-state index is 12.2. The second-order valence-corrected chi connectivity index (χ2v) is 5.53. The molecule has 2 unspecified atom stereocenters. The van der Waals surface area contributed by atoms with Crippen LogP contribution in [0.15, 0.2) is 18.2 Å². The van der Waals surface area contributed by atoms with Gasteiger partial charge in [-0.2, -0.15) is 0 Å². The SMILES string of the molecule is COCN1C(=O)C(C)Oc2ccc(C(N)C3CC3)cc21. The maximum Gasteiger partial charge on any atom is 0.269 e. The van der Waals surface area contributed by atoms with E-state index in [0.29, 0.717) is 11.7 Å². The lowest BCUT2D eigenvalue weighted by atomic mass is 10.0. The number of methoxy groups -OCH3 is 1. The molecule has 1 aromatic carbocycles. The fourth-order valence-electron chi connectivity index (χ4n) is 2.62. The third-order valence-electron chi connectivity index (χ3n) is 3.96. The van der Waals surface area contributed by atoms with Crippen molar-refractivity contribution in [1.82, 2.24) is 0 Å². The minimum absolute atomic E-state index is 0.0409. The van der Waals surface area contributed by atoms with Crippen molar-refractivity contribution in [1.29, 1.82) is 0 Å². The van der Waals surface area contributed by atoms with Gasteiger partial charge in [0.1, 0.15) is 12.5 Å². The van der Waals surface area contributed by atoms with Gasteiger partial charge >= 0.3 is 0 Å². The van der Waals surface area contributed by atoms with Gasteiger partial charge in [-0.05, 0) is 43.4 Å². The Morgan fingerprint density at radius 2 is 2.25 bits per heavy atom. The van der Waals surface area contributed by atoms with Gasteiger partial charge in [-0.3, -0.25) is 9.69 Å². The lowest BCUT2D eigenvalue weighted by molar-refractivity contribution is -0.126. The Labute approximate surface area is 118 Å². The van der Waals surface area contributed by atoms with E-state index in [0.717, 1.165) is 11.3 Å². The molecule has 1 fully saturated rings. The molecule has 1 amide bonds. The maximum absolute atomic E-state index is 12.2. The number of carbonyl (C=O) groups excluding carboxylic acids is 1. The Hall–Kier alpha value is -1.59. The molecule has 2 atom stereocenters. The van der Waals surface area contributed by atoms with Gasteiger partial charge in [0.05, 0.1) is 5.69 Å². The van der Waals surface area contributed by atoms with E-state index >= 15 is 0 Å². The van der Waals surface area contributed by atoms with Crippen LogP contribution in [0, 0.1) is 5.92 Å². The quantitative estimate of drug-likeness (QED) is 0.911. The van der Waals surface area contributed by atoms with Gasteiger partial charge < -0.3 is 15.2 Å². The molecule has 0 radical (unpaired) electrons. The summed E-state index contributed by atoms with van der Waals surface area (Å²) in [5.74, 6) is 1.19. The minimum Gasteiger partial charge on any atom is -0.479 e. The zero-order valence-electron chi connectivity index (χ0n) is 11.8. The van der Waals surface area contributed by atoms with E-state index in [-0.39, 0.29) is 18.7 Å². The molecule has 0 spiro atoms. The molecular weight excluding hydrogens is 256 g/mol. The number of rotatable bonds is 4. The molecule has 0 bridgehead atoms. The zero-order valence-corrected chi connectivity index (χ0v) is 11.8. The fraction of sp³-hybridized carbons (Fsp3) is 0.533. The molecule has 5 nitrogen and oxygen atoms in total. The second-order valence-electron chi connectivity index (χ2n) is 5.53. The van der Waals surface area contributed by atoms with E-state index in [2.05, 4.69) is 0 Å². The van der Waals surface area contributed by atoms with Gasteiger partial charge in [-0.15, -0.1) is 0 Å². The average Bonchev–Trinajstić information content (AvgIpc) is 3.27. The molecule has 1 aliphatic heterocycles. The Bertz CT molecular complexity index is 528. The van der Waals surface area contributed by atoms with Crippen LogP contribution in [0.3, 0.4) is 0 Å². The van der Waals surface area contributed by atoms with Crippen molar-refractivity contribution in [3.05, 3.63) is 23.8 Å². The van der Waals surface area contributed by atoms with Crippen molar-refractivity contribution < 1.29 is 14.3 Å². The molecule has 1 heterocycles. The zero-order chi connectivity index (χ0) is 14.3. The van der Waals surface area contributed by atoms with Crippen molar-refractivity contribution in [3.63, 3.8) is 0 Å². The first-order valence-corrected chi connectivity index (χ1v) is 6.98. The molecule has 5 heteroatoms. The molecule has 2 aliphatic rings. The van der Waals surface area contributed by atoms with Crippen molar-refractivity contribution in [2.24, 2.45) is 11.7 Å². The first-order chi connectivity index (χ1) is 9.61. The van der Waals surface area contributed by atoms with Gasteiger partial charge in [0.2, 0.25) is 0 Å². The van der Waals surface area contributed by atoms with Gasteiger partial charge in [0.15, 0.2) is 6.10 Å². The van der Waals surface area contributed by atoms with Gasteiger partial charge in [0, 0.05) is 13.2 Å². The van der Waals surface area contributed by atoms with Crippen LogP contribution >= 0.6 is 0 Å². The van der Waals surface area contributed by atoms with Crippen molar-refractivity contribution >= 4 is 11.6 Å². The number of ether oxygens (including phenoxy) is 2. The van der Waals surface area contributed by atoms with E-state index in [4.69, 9.17) is 15.2 Å². The summed E-state index contributed by atoms with van der Waals surface area (Å²) in [4.78, 5) is 13.8. The summed E-state index contributed by atoms with van der Waals surface area (Å²) in [6.45, 7) is 1.97. The number of benzene rings is 1. The van der Waals surface area contributed by atoms with Gasteiger partial charge in [0.25, 0.3) is 5.91 Å². The smallest absolute Gasteiger partial charge is 0.269 e. The molecule has 1 aliphatic carbocycles. The standard InChI is InChI=1S/C15H20N2O3/c1-9-15(18)17(8-19-2)12-7-11(5-6-13(12)20-9)14(16)10-3-4-10/h5-7,9-10,14H,3-4,8,16H2,1-2H3. The minimum atomic E-state index is -0.486. The molecule has 1 saturated carbocycles. The Morgan fingerprint density at radius 1 is 1.50 bits per heavy atom. The van der Waals surface area contributed by atoms with Crippen molar-refractivity contribution in [2.75, 3.05) is 18.7 Å². The number of carbonyl (C=O) groups is 1. The molecule has 3 rings (SSSR count). The highest BCUT2D eigenvalue weighted by Crippen LogP contribution is 2.42. The number of nitrogens with two attached hydrogens (primary N) is 1. The summed E-state index contributed by atoms with van der Waals surface area (Å²) in [5.41, 5.74) is 8.05. The number of hydrogen-bond acceptors (Lipinski definition) is 4. The van der Waals surface area contributed by atoms with Crippen LogP contribution < -0.4 is 15.4 Å². The number of anilines is 1. The number of hydrogen-bond donors (Lipinski definition) is 1. The summed E-state index contributed by atoms with van der Waals surface area (Å²) in [5, 5.41) is 0. The predicted octanol–water partition coefficient (Wildman–Crippen LogP) is 1.81. The van der Waals surface area contributed by atoms with E-state index in [9.17, 15) is 4.79 Å². The molecule has 2 N–H and O–H groups in total. The summed E-state index contributed by atoms with van der Waals surface area (Å²) < 4.78 is 10.8. The lowest BCUT2D eigenvalue weighted by Gasteiger charge is -2.33. The van der Waals surface area contributed by atoms with Crippen LogP contribution in [0.4, 0.5) is 5.69 Å².